The predicted octanol–water partition coefficient (Wildman–Crippen LogP) is 1.49. The number of nitrogens with one attached hydrogen (secondary N) is 1. The average molecular weight is 288 g/mol. The van der Waals surface area contributed by atoms with Crippen molar-refractivity contribution in [2.75, 3.05) is 26.4 Å². The summed E-state index contributed by atoms with van der Waals surface area (Å²) in [5, 5.41) is 3.45. The molecule has 1 aromatic rings. The van der Waals surface area contributed by atoms with Gasteiger partial charge in [-0.3, -0.25) is 4.79 Å². The summed E-state index contributed by atoms with van der Waals surface area (Å²) in [5.41, 5.74) is 0.700. The van der Waals surface area contributed by atoms with Gasteiger partial charge in [-0.2, -0.15) is 0 Å². The van der Waals surface area contributed by atoms with E-state index >= 15 is 0 Å². The van der Waals surface area contributed by atoms with Crippen LogP contribution in [0, 0.1) is 11.8 Å². The van der Waals surface area contributed by atoms with E-state index in [0.717, 1.165) is 31.8 Å². The number of carbonyl (C=O) groups excluding carboxylic acids is 1. The minimum Gasteiger partial charge on any atom is -0.454 e. The molecule has 5 nitrogen and oxygen atoms in total. The van der Waals surface area contributed by atoms with Crippen LogP contribution in [0.15, 0.2) is 18.2 Å². The van der Waals surface area contributed by atoms with Gasteiger partial charge < -0.3 is 19.7 Å². The molecule has 0 bridgehead atoms. The zero-order valence-electron chi connectivity index (χ0n) is 12.2. The van der Waals surface area contributed by atoms with E-state index in [1.165, 1.54) is 0 Å². The molecule has 0 aliphatic carbocycles. The fraction of sp³-hybridized carbons (Fsp3) is 0.562. The quantitative estimate of drug-likeness (QED) is 0.895. The maximum absolute atomic E-state index is 12.9. The van der Waals surface area contributed by atoms with Crippen molar-refractivity contribution in [2.45, 2.75) is 19.4 Å². The molecule has 3 heterocycles. The summed E-state index contributed by atoms with van der Waals surface area (Å²) in [5.74, 6) is 2.73. The Morgan fingerprint density at radius 1 is 1.33 bits per heavy atom. The van der Waals surface area contributed by atoms with Gasteiger partial charge in [-0.25, -0.2) is 0 Å². The van der Waals surface area contributed by atoms with E-state index in [-0.39, 0.29) is 12.7 Å². The highest BCUT2D eigenvalue weighted by Gasteiger charge is 2.45. The molecule has 1 aromatic carbocycles. The summed E-state index contributed by atoms with van der Waals surface area (Å²) in [6, 6.07) is 5.83. The molecule has 0 aromatic heterocycles. The van der Waals surface area contributed by atoms with Crippen LogP contribution in [0.5, 0.6) is 11.5 Å². The van der Waals surface area contributed by atoms with Crippen molar-refractivity contribution in [2.24, 2.45) is 11.8 Å². The van der Waals surface area contributed by atoms with Crippen molar-refractivity contribution >= 4 is 5.91 Å². The Bertz CT molecular complexity index is 575. The molecule has 2 fully saturated rings. The fourth-order valence-electron chi connectivity index (χ4n) is 3.97. The first-order chi connectivity index (χ1) is 10.3. The standard InChI is InChI=1S/C16H20N2O3/c1-2-13-12-7-17-6-11(12)8-18(13)16(19)10-3-4-14-15(5-10)21-9-20-14/h3-5,11-13,17H,2,6-9H2,1H3. The fourth-order valence-corrected chi connectivity index (χ4v) is 3.97. The number of nitrogens with zero attached hydrogens (tertiary/aromatic N) is 1. The second kappa shape index (κ2) is 4.91. The molecular formula is C16H20N2O3. The van der Waals surface area contributed by atoms with Gasteiger partial charge in [0, 0.05) is 31.2 Å². The van der Waals surface area contributed by atoms with Crippen LogP contribution in [0.4, 0.5) is 0 Å². The van der Waals surface area contributed by atoms with E-state index < -0.39 is 0 Å². The van der Waals surface area contributed by atoms with Gasteiger partial charge in [0.25, 0.3) is 5.91 Å². The number of fused-ring (bicyclic) bond motifs is 2. The molecular weight excluding hydrogens is 268 g/mol. The maximum atomic E-state index is 12.9. The molecule has 2 saturated heterocycles. The first-order valence-electron chi connectivity index (χ1n) is 7.69. The van der Waals surface area contributed by atoms with E-state index in [1.54, 1.807) is 0 Å². The van der Waals surface area contributed by atoms with Gasteiger partial charge in [0.05, 0.1) is 0 Å². The summed E-state index contributed by atoms with van der Waals surface area (Å²) >= 11 is 0. The number of amides is 1. The van der Waals surface area contributed by atoms with Crippen molar-refractivity contribution in [3.63, 3.8) is 0 Å². The lowest BCUT2D eigenvalue weighted by atomic mass is 9.93. The van der Waals surface area contributed by atoms with Crippen LogP contribution in [-0.2, 0) is 0 Å². The lowest BCUT2D eigenvalue weighted by molar-refractivity contribution is 0.0711. The van der Waals surface area contributed by atoms with E-state index in [2.05, 4.69) is 17.1 Å². The lowest BCUT2D eigenvalue weighted by Crippen LogP contribution is -2.39. The summed E-state index contributed by atoms with van der Waals surface area (Å²) in [7, 11) is 0. The number of carbonyl (C=O) groups is 1. The Labute approximate surface area is 124 Å². The first-order valence-corrected chi connectivity index (χ1v) is 7.69. The molecule has 0 radical (unpaired) electrons. The van der Waals surface area contributed by atoms with Crippen molar-refractivity contribution in [1.29, 1.82) is 0 Å². The van der Waals surface area contributed by atoms with E-state index in [0.29, 0.717) is 29.2 Å². The van der Waals surface area contributed by atoms with Crippen LogP contribution < -0.4 is 14.8 Å². The molecule has 1 N–H and O–H groups in total. The minimum atomic E-state index is 0.120. The number of hydrogen-bond donors (Lipinski definition) is 1. The third-order valence-corrected chi connectivity index (χ3v) is 5.02. The summed E-state index contributed by atoms with van der Waals surface area (Å²) in [6.45, 7) is 5.35. The maximum Gasteiger partial charge on any atom is 0.254 e. The van der Waals surface area contributed by atoms with E-state index in [1.807, 2.05) is 18.2 Å². The smallest absolute Gasteiger partial charge is 0.254 e. The van der Waals surface area contributed by atoms with Crippen LogP contribution in [0.2, 0.25) is 0 Å². The highest BCUT2D eigenvalue weighted by Crippen LogP contribution is 2.37. The highest BCUT2D eigenvalue weighted by molar-refractivity contribution is 5.95. The molecule has 3 atom stereocenters. The largest absolute Gasteiger partial charge is 0.454 e. The monoisotopic (exact) mass is 288 g/mol. The number of ether oxygens (including phenoxy) is 2. The highest BCUT2D eigenvalue weighted by atomic mass is 16.7. The van der Waals surface area contributed by atoms with Gasteiger partial charge in [-0.15, -0.1) is 0 Å². The van der Waals surface area contributed by atoms with E-state index in [4.69, 9.17) is 9.47 Å². The first kappa shape index (κ1) is 13.0. The molecule has 5 heteroatoms. The number of hydrogen-bond acceptors (Lipinski definition) is 4. The van der Waals surface area contributed by atoms with Crippen molar-refractivity contribution in [1.82, 2.24) is 10.2 Å². The number of rotatable bonds is 2. The zero-order valence-corrected chi connectivity index (χ0v) is 12.2. The van der Waals surface area contributed by atoms with Crippen LogP contribution in [0.3, 0.4) is 0 Å². The summed E-state index contributed by atoms with van der Waals surface area (Å²) in [6.07, 6.45) is 1.01. The molecule has 3 aliphatic heterocycles. The summed E-state index contributed by atoms with van der Waals surface area (Å²) in [4.78, 5) is 14.9. The number of likely N-dealkylation sites (tertiary alicyclic amines) is 1. The molecule has 0 spiro atoms. The van der Waals surface area contributed by atoms with Gasteiger partial charge in [0.1, 0.15) is 0 Å². The van der Waals surface area contributed by atoms with Crippen LogP contribution >= 0.6 is 0 Å². The van der Waals surface area contributed by atoms with Crippen LogP contribution in [-0.4, -0.2) is 43.3 Å². The molecule has 112 valence electrons. The Morgan fingerprint density at radius 2 is 2.19 bits per heavy atom. The Hall–Kier alpha value is -1.75. The van der Waals surface area contributed by atoms with Crippen molar-refractivity contribution in [3.8, 4) is 11.5 Å². The molecule has 21 heavy (non-hydrogen) atoms. The Balaban J connectivity index is 1.59. The third-order valence-electron chi connectivity index (χ3n) is 5.02. The molecule has 4 rings (SSSR count). The minimum absolute atomic E-state index is 0.120. The average Bonchev–Trinajstić information content (AvgIpc) is 3.20. The molecule has 3 aliphatic rings. The Kier molecular flexibility index (Phi) is 3.03. The normalized spacial score (nSPS) is 29.8. The molecule has 0 saturated carbocycles. The van der Waals surface area contributed by atoms with Gasteiger partial charge >= 0.3 is 0 Å². The van der Waals surface area contributed by atoms with Crippen LogP contribution in [0.25, 0.3) is 0 Å². The second-order valence-electron chi connectivity index (χ2n) is 6.08. The van der Waals surface area contributed by atoms with Crippen molar-refractivity contribution < 1.29 is 14.3 Å². The van der Waals surface area contributed by atoms with Gasteiger partial charge in [-0.1, -0.05) is 6.92 Å². The zero-order chi connectivity index (χ0) is 14.4. The second-order valence-corrected chi connectivity index (χ2v) is 6.08. The van der Waals surface area contributed by atoms with E-state index in [9.17, 15) is 4.79 Å². The summed E-state index contributed by atoms with van der Waals surface area (Å²) < 4.78 is 10.7. The van der Waals surface area contributed by atoms with Crippen molar-refractivity contribution in [3.05, 3.63) is 23.8 Å². The Morgan fingerprint density at radius 3 is 3.05 bits per heavy atom. The number of benzene rings is 1. The molecule has 1 amide bonds. The third kappa shape index (κ3) is 1.99. The van der Waals surface area contributed by atoms with Gasteiger partial charge in [0.2, 0.25) is 6.79 Å². The van der Waals surface area contributed by atoms with Gasteiger partial charge in [0.15, 0.2) is 11.5 Å². The molecule has 3 unspecified atom stereocenters. The SMILES string of the molecule is CCC1C2CNCC2CN1C(=O)c1ccc2c(c1)OCO2. The predicted molar refractivity (Wildman–Crippen MR) is 77.5 cm³/mol. The topological polar surface area (TPSA) is 50.8 Å². The van der Waals surface area contributed by atoms with Gasteiger partial charge in [-0.05, 0) is 36.5 Å². The van der Waals surface area contributed by atoms with Crippen LogP contribution in [0.1, 0.15) is 23.7 Å². The lowest BCUT2D eigenvalue weighted by Gasteiger charge is -2.27.